The predicted octanol–water partition coefficient (Wildman–Crippen LogP) is 4.68. The quantitative estimate of drug-likeness (QED) is 0.849. The van der Waals surface area contributed by atoms with Crippen molar-refractivity contribution in [2.24, 2.45) is 5.41 Å². The number of hydrogen-bond acceptors (Lipinski definition) is 3. The van der Waals surface area contributed by atoms with E-state index >= 15 is 0 Å². The molecule has 0 radical (unpaired) electrons. The van der Waals surface area contributed by atoms with Crippen LogP contribution in [0.1, 0.15) is 32.3 Å². The lowest BCUT2D eigenvalue weighted by molar-refractivity contribution is -0.117. The van der Waals surface area contributed by atoms with Gasteiger partial charge in [-0.15, -0.1) is 0 Å². The second-order valence-electron chi connectivity index (χ2n) is 7.25. The average Bonchev–Trinajstić information content (AvgIpc) is 2.54. The van der Waals surface area contributed by atoms with Crippen LogP contribution in [0, 0.1) is 5.41 Å². The zero-order valence-corrected chi connectivity index (χ0v) is 15.4. The van der Waals surface area contributed by atoms with Crippen molar-refractivity contribution in [3.63, 3.8) is 0 Å². The molecule has 2 aromatic rings. The van der Waals surface area contributed by atoms with E-state index in [4.69, 9.17) is 0 Å². The summed E-state index contributed by atoms with van der Waals surface area (Å²) in [5.41, 5.74) is 2.70. The van der Waals surface area contributed by atoms with E-state index in [9.17, 15) is 9.00 Å². The smallest absolute Gasteiger partial charge is 0.157 e. The highest BCUT2D eigenvalue weighted by Crippen LogP contribution is 2.35. The standard InChI is InChI=1S/C21H23NO2S/c1-21(2)13-17(12-18(23)14-21)22-19-10-6-7-11-20(19)25(24)15-16-8-4-3-5-9-16/h3-12,22H,13-15H2,1-2H3. The van der Waals surface area contributed by atoms with Crippen molar-refractivity contribution in [2.75, 3.05) is 5.32 Å². The molecule has 0 spiro atoms. The first-order valence-electron chi connectivity index (χ1n) is 8.45. The molecule has 0 fully saturated rings. The third kappa shape index (κ3) is 4.67. The zero-order valence-electron chi connectivity index (χ0n) is 14.6. The topological polar surface area (TPSA) is 46.2 Å². The summed E-state index contributed by atoms with van der Waals surface area (Å²) in [6.45, 7) is 4.19. The van der Waals surface area contributed by atoms with Gasteiger partial charge in [0, 0.05) is 18.2 Å². The first kappa shape index (κ1) is 17.6. The van der Waals surface area contributed by atoms with Gasteiger partial charge in [0.2, 0.25) is 0 Å². The van der Waals surface area contributed by atoms with Gasteiger partial charge in [-0.25, -0.2) is 0 Å². The maximum Gasteiger partial charge on any atom is 0.157 e. The minimum Gasteiger partial charge on any atom is -0.358 e. The number of hydrogen-bond donors (Lipinski definition) is 1. The molecule has 0 saturated heterocycles. The summed E-state index contributed by atoms with van der Waals surface area (Å²) in [5, 5.41) is 3.35. The van der Waals surface area contributed by atoms with Crippen molar-refractivity contribution >= 4 is 22.3 Å². The summed E-state index contributed by atoms with van der Waals surface area (Å²) in [7, 11) is -1.15. The van der Waals surface area contributed by atoms with Gasteiger partial charge in [-0.2, -0.15) is 0 Å². The van der Waals surface area contributed by atoms with Gasteiger partial charge in [0.25, 0.3) is 0 Å². The molecule has 0 bridgehead atoms. The highest BCUT2D eigenvalue weighted by atomic mass is 32.2. The number of ketones is 1. The lowest BCUT2D eigenvalue weighted by atomic mass is 9.79. The molecule has 130 valence electrons. The molecule has 1 unspecified atom stereocenters. The van der Waals surface area contributed by atoms with Gasteiger partial charge in [0.15, 0.2) is 5.78 Å². The third-order valence-electron chi connectivity index (χ3n) is 4.23. The first-order valence-corrected chi connectivity index (χ1v) is 9.77. The third-order valence-corrected chi connectivity index (χ3v) is 5.67. The van der Waals surface area contributed by atoms with Gasteiger partial charge in [-0.05, 0) is 29.5 Å². The van der Waals surface area contributed by atoms with Gasteiger partial charge in [-0.1, -0.05) is 56.3 Å². The number of para-hydroxylation sites is 1. The van der Waals surface area contributed by atoms with Crippen molar-refractivity contribution in [1.82, 2.24) is 0 Å². The second-order valence-corrected chi connectivity index (χ2v) is 8.67. The molecular formula is C21H23NO2S. The maximum absolute atomic E-state index is 12.9. The van der Waals surface area contributed by atoms with Crippen LogP contribution in [0.2, 0.25) is 0 Å². The Bertz CT molecular complexity index is 825. The molecule has 1 aliphatic rings. The van der Waals surface area contributed by atoms with E-state index in [1.807, 2.05) is 54.6 Å². The first-order chi connectivity index (χ1) is 11.9. The Morgan fingerprint density at radius 2 is 1.68 bits per heavy atom. The van der Waals surface area contributed by atoms with E-state index in [0.717, 1.165) is 28.3 Å². The highest BCUT2D eigenvalue weighted by Gasteiger charge is 2.27. The van der Waals surface area contributed by atoms with Crippen LogP contribution in [0.15, 0.2) is 71.3 Å². The minimum atomic E-state index is -1.15. The molecule has 2 aromatic carbocycles. The van der Waals surface area contributed by atoms with E-state index in [1.54, 1.807) is 6.08 Å². The van der Waals surface area contributed by atoms with Crippen molar-refractivity contribution < 1.29 is 9.00 Å². The number of carbonyl (C=O) groups is 1. The van der Waals surface area contributed by atoms with E-state index < -0.39 is 10.8 Å². The SMILES string of the molecule is CC1(C)CC(=O)C=C(Nc2ccccc2S(=O)Cc2ccccc2)C1. The lowest BCUT2D eigenvalue weighted by Crippen LogP contribution is -2.24. The molecule has 0 heterocycles. The maximum atomic E-state index is 12.9. The van der Waals surface area contributed by atoms with Crippen molar-refractivity contribution in [3.8, 4) is 0 Å². The van der Waals surface area contributed by atoms with Crippen molar-refractivity contribution in [3.05, 3.63) is 71.9 Å². The number of anilines is 1. The summed E-state index contributed by atoms with van der Waals surface area (Å²) in [5.74, 6) is 0.616. The Hall–Kier alpha value is -2.20. The molecule has 25 heavy (non-hydrogen) atoms. The molecule has 1 N–H and O–H groups in total. The predicted molar refractivity (Wildman–Crippen MR) is 103 cm³/mol. The molecule has 0 amide bonds. The minimum absolute atomic E-state index is 0.0493. The molecule has 0 aromatic heterocycles. The number of allylic oxidation sites excluding steroid dienone is 2. The van der Waals surface area contributed by atoms with Crippen LogP contribution >= 0.6 is 0 Å². The van der Waals surface area contributed by atoms with Crippen LogP contribution in [-0.4, -0.2) is 9.99 Å². The van der Waals surface area contributed by atoms with Crippen molar-refractivity contribution in [1.29, 1.82) is 0 Å². The normalized spacial score (nSPS) is 17.7. The Morgan fingerprint density at radius 1 is 1.00 bits per heavy atom. The fourth-order valence-electron chi connectivity index (χ4n) is 3.17. The molecule has 4 heteroatoms. The molecule has 1 atom stereocenters. The zero-order chi connectivity index (χ0) is 17.9. The van der Waals surface area contributed by atoms with Gasteiger partial charge in [0.1, 0.15) is 0 Å². The average molecular weight is 353 g/mol. The van der Waals surface area contributed by atoms with Crippen LogP contribution in [0.4, 0.5) is 5.69 Å². The van der Waals surface area contributed by atoms with Crippen molar-refractivity contribution in [2.45, 2.75) is 37.3 Å². The number of carbonyl (C=O) groups excluding carboxylic acids is 1. The summed E-state index contributed by atoms with van der Waals surface area (Å²) in [4.78, 5) is 12.7. The van der Waals surface area contributed by atoms with Crippen LogP contribution in [0.3, 0.4) is 0 Å². The fourth-order valence-corrected chi connectivity index (χ4v) is 4.42. The summed E-state index contributed by atoms with van der Waals surface area (Å²) >= 11 is 0. The Labute approximate surface area is 151 Å². The van der Waals surface area contributed by atoms with Gasteiger partial charge in [-0.3, -0.25) is 9.00 Å². The molecule has 0 aliphatic heterocycles. The van der Waals surface area contributed by atoms with Gasteiger partial charge in [0.05, 0.1) is 27.1 Å². The van der Waals surface area contributed by atoms with E-state index in [1.165, 1.54) is 0 Å². The number of nitrogens with one attached hydrogen (secondary N) is 1. The van der Waals surface area contributed by atoms with E-state index in [0.29, 0.717) is 12.2 Å². The van der Waals surface area contributed by atoms with Crippen LogP contribution < -0.4 is 5.32 Å². The van der Waals surface area contributed by atoms with E-state index in [-0.39, 0.29) is 11.2 Å². The molecule has 3 rings (SSSR count). The molecule has 0 saturated carbocycles. The van der Waals surface area contributed by atoms with Crippen LogP contribution in [0.5, 0.6) is 0 Å². The van der Waals surface area contributed by atoms with Crippen LogP contribution in [-0.2, 0) is 21.3 Å². The van der Waals surface area contributed by atoms with Gasteiger partial charge >= 0.3 is 0 Å². The molecule has 1 aliphatic carbocycles. The summed E-state index contributed by atoms with van der Waals surface area (Å²) in [6.07, 6.45) is 3.06. The largest absolute Gasteiger partial charge is 0.358 e. The molecule has 3 nitrogen and oxygen atoms in total. The lowest BCUT2D eigenvalue weighted by Gasteiger charge is -2.29. The summed E-state index contributed by atoms with van der Waals surface area (Å²) < 4.78 is 12.9. The van der Waals surface area contributed by atoms with Gasteiger partial charge < -0.3 is 5.32 Å². The monoisotopic (exact) mass is 353 g/mol. The Kier molecular flexibility index (Phi) is 5.19. The highest BCUT2D eigenvalue weighted by molar-refractivity contribution is 7.84. The molecular weight excluding hydrogens is 330 g/mol. The van der Waals surface area contributed by atoms with E-state index in [2.05, 4.69) is 19.2 Å². The van der Waals surface area contributed by atoms with Crippen LogP contribution in [0.25, 0.3) is 0 Å². The number of benzene rings is 2. The Morgan fingerprint density at radius 3 is 2.40 bits per heavy atom. The number of rotatable bonds is 5. The summed E-state index contributed by atoms with van der Waals surface area (Å²) in [6, 6.07) is 17.5. The fraction of sp³-hybridized carbons (Fsp3) is 0.286. The Balaban J connectivity index is 1.82. The second kappa shape index (κ2) is 7.36.